The van der Waals surface area contributed by atoms with Crippen molar-refractivity contribution in [2.45, 2.75) is 38.5 Å². The van der Waals surface area contributed by atoms with Crippen molar-refractivity contribution < 1.29 is 17.9 Å². The second-order valence-electron chi connectivity index (χ2n) is 12.3. The van der Waals surface area contributed by atoms with Gasteiger partial charge in [-0.1, -0.05) is 32.9 Å². The van der Waals surface area contributed by atoms with Crippen LogP contribution in [0.4, 0.5) is 11.6 Å². The number of likely N-dealkylation sites (N-methyl/N-ethyl adjacent to an activating group) is 1. The molecule has 3 heterocycles. The van der Waals surface area contributed by atoms with E-state index in [-0.39, 0.29) is 22.1 Å². The second-order valence-corrected chi connectivity index (χ2v) is 14.0. The fourth-order valence-corrected chi connectivity index (χ4v) is 5.76. The molecule has 2 aromatic carbocycles. The molecular weight excluding hydrogens is 578 g/mol. The van der Waals surface area contributed by atoms with Crippen LogP contribution in [0, 0.1) is 5.41 Å². The summed E-state index contributed by atoms with van der Waals surface area (Å²) < 4.78 is 42.3. The summed E-state index contributed by atoms with van der Waals surface area (Å²) in [6.07, 6.45) is 4.67. The highest BCUT2D eigenvalue weighted by atomic mass is 32.2. The molecule has 0 unspecified atom stereocenters. The number of ether oxygens (including phenoxy) is 2. The van der Waals surface area contributed by atoms with E-state index >= 15 is 0 Å². The first-order chi connectivity index (χ1) is 20.9. The van der Waals surface area contributed by atoms with Gasteiger partial charge in [0.25, 0.3) is 10.0 Å². The fourth-order valence-electron chi connectivity index (χ4n) is 4.84. The molecule has 0 amide bonds. The monoisotopic (exact) mass is 619 g/mol. The van der Waals surface area contributed by atoms with Gasteiger partial charge in [0.15, 0.2) is 0 Å². The summed E-state index contributed by atoms with van der Waals surface area (Å²) in [6, 6.07) is 17.1. The summed E-state index contributed by atoms with van der Waals surface area (Å²) in [6.45, 7) is 11.2. The lowest BCUT2D eigenvalue weighted by atomic mass is 9.91. The van der Waals surface area contributed by atoms with Crippen LogP contribution in [0.2, 0.25) is 0 Å². The van der Waals surface area contributed by atoms with Crippen molar-refractivity contribution in [3.8, 4) is 28.6 Å². The van der Waals surface area contributed by atoms with E-state index < -0.39 is 10.0 Å². The molecule has 1 aliphatic rings. The molecule has 1 aliphatic heterocycles. The molecule has 12 heteroatoms. The van der Waals surface area contributed by atoms with Crippen molar-refractivity contribution in [2.24, 2.45) is 12.5 Å². The lowest BCUT2D eigenvalue weighted by molar-refractivity contribution is 0.269. The zero-order valence-corrected chi connectivity index (χ0v) is 26.8. The highest BCUT2D eigenvalue weighted by Crippen LogP contribution is 2.30. The fraction of sp³-hybridized carbons (Fsp3) is 0.406. The van der Waals surface area contributed by atoms with Crippen molar-refractivity contribution in [2.75, 3.05) is 49.5 Å². The number of sulfonamides is 1. The Bertz CT molecular complexity index is 1660. The molecule has 4 aromatic rings. The first-order valence-corrected chi connectivity index (χ1v) is 16.3. The molecule has 2 aromatic heterocycles. The molecular formula is C32H41N7O4S. The van der Waals surface area contributed by atoms with Crippen LogP contribution in [-0.2, 0) is 17.1 Å². The molecule has 0 radical (unpaired) electrons. The van der Waals surface area contributed by atoms with Crippen molar-refractivity contribution >= 4 is 21.7 Å². The number of aryl methyl sites for hydroxylation is 1. The van der Waals surface area contributed by atoms with Crippen LogP contribution in [0.3, 0.4) is 0 Å². The summed E-state index contributed by atoms with van der Waals surface area (Å²) in [4.78, 5) is 13.6. The van der Waals surface area contributed by atoms with E-state index in [4.69, 9.17) is 9.47 Å². The Morgan fingerprint density at radius 3 is 2.36 bits per heavy atom. The summed E-state index contributed by atoms with van der Waals surface area (Å²) >= 11 is 0. The van der Waals surface area contributed by atoms with Crippen LogP contribution < -0.4 is 19.1 Å². The maximum Gasteiger partial charge on any atom is 0.267 e. The van der Waals surface area contributed by atoms with E-state index in [2.05, 4.69) is 57.4 Å². The predicted octanol–water partition coefficient (Wildman–Crippen LogP) is 5.43. The van der Waals surface area contributed by atoms with E-state index in [9.17, 15) is 8.42 Å². The molecule has 1 fully saturated rings. The number of hydrogen-bond donors (Lipinski definition) is 1. The maximum absolute atomic E-state index is 13.1. The van der Waals surface area contributed by atoms with Gasteiger partial charge in [-0.2, -0.15) is 10.1 Å². The Balaban J connectivity index is 1.39. The highest BCUT2D eigenvalue weighted by Gasteiger charge is 2.20. The van der Waals surface area contributed by atoms with Crippen LogP contribution in [0.15, 0.2) is 71.9 Å². The lowest BCUT2D eigenvalue weighted by Crippen LogP contribution is -2.44. The Labute approximate surface area is 259 Å². The van der Waals surface area contributed by atoms with Gasteiger partial charge < -0.3 is 19.3 Å². The summed E-state index contributed by atoms with van der Waals surface area (Å²) in [7, 11) is -0.206. The van der Waals surface area contributed by atoms with Gasteiger partial charge in [-0.25, -0.2) is 18.1 Å². The van der Waals surface area contributed by atoms with Gasteiger partial charge in [0.2, 0.25) is 11.8 Å². The van der Waals surface area contributed by atoms with Crippen molar-refractivity contribution in [3.63, 3.8) is 0 Å². The lowest BCUT2D eigenvalue weighted by Gasteiger charge is -2.34. The summed E-state index contributed by atoms with van der Waals surface area (Å²) in [5.74, 6) is 1.36. The Morgan fingerprint density at radius 2 is 1.68 bits per heavy atom. The van der Waals surface area contributed by atoms with Crippen LogP contribution in [0.5, 0.6) is 17.4 Å². The second kappa shape index (κ2) is 13.2. The van der Waals surface area contributed by atoms with Gasteiger partial charge in [0, 0.05) is 56.7 Å². The minimum Gasteiger partial charge on any atom is -0.494 e. The summed E-state index contributed by atoms with van der Waals surface area (Å²) in [5, 5.41) is 3.97. The molecule has 0 atom stereocenters. The van der Waals surface area contributed by atoms with E-state index in [1.807, 2.05) is 48.5 Å². The standard InChI is InChI=1S/C32H41N7O4S/c1-32(2,3)14-7-19-42-27-9-6-8-24(20-27)29-21-30(35-31(34-29)36-44(40,41)28-22-33-38(5)23-28)43-26-12-10-25(11-13-26)39-17-15-37(4)16-18-39/h6,8-13,20-23H,7,14-19H2,1-5H3,(H,34,35,36). The molecule has 234 valence electrons. The van der Waals surface area contributed by atoms with Gasteiger partial charge in [-0.05, 0) is 61.7 Å². The number of nitrogens with zero attached hydrogens (tertiary/aromatic N) is 6. The number of rotatable bonds is 11. The Hall–Kier alpha value is -4.16. The first kappa shape index (κ1) is 31.3. The number of piperazine rings is 1. The molecule has 0 saturated carbocycles. The van der Waals surface area contributed by atoms with Crippen LogP contribution in [0.25, 0.3) is 11.3 Å². The number of benzene rings is 2. The van der Waals surface area contributed by atoms with Crippen LogP contribution in [0.1, 0.15) is 33.6 Å². The molecule has 0 aliphatic carbocycles. The van der Waals surface area contributed by atoms with Gasteiger partial charge in [-0.15, -0.1) is 0 Å². The van der Waals surface area contributed by atoms with Gasteiger partial charge in [-0.3, -0.25) is 4.68 Å². The topological polar surface area (TPSA) is 115 Å². The third-order valence-electron chi connectivity index (χ3n) is 7.32. The van der Waals surface area contributed by atoms with Gasteiger partial charge in [0.05, 0.1) is 18.5 Å². The predicted molar refractivity (Wildman–Crippen MR) is 172 cm³/mol. The highest BCUT2D eigenvalue weighted by molar-refractivity contribution is 7.92. The van der Waals surface area contributed by atoms with Crippen molar-refractivity contribution in [1.82, 2.24) is 24.6 Å². The number of nitrogens with one attached hydrogen (secondary N) is 1. The third kappa shape index (κ3) is 8.48. The average Bonchev–Trinajstić information content (AvgIpc) is 3.43. The number of anilines is 2. The minimum absolute atomic E-state index is 0.00150. The quantitative estimate of drug-likeness (QED) is 0.220. The largest absolute Gasteiger partial charge is 0.494 e. The Kier molecular flexibility index (Phi) is 9.40. The van der Waals surface area contributed by atoms with Gasteiger partial charge in [0.1, 0.15) is 16.4 Å². The molecule has 1 saturated heterocycles. The molecule has 5 rings (SSSR count). The number of hydrogen-bond acceptors (Lipinski definition) is 9. The smallest absolute Gasteiger partial charge is 0.267 e. The van der Waals surface area contributed by atoms with E-state index in [0.717, 1.165) is 50.3 Å². The summed E-state index contributed by atoms with van der Waals surface area (Å²) in [5.41, 5.74) is 2.58. The molecule has 0 spiro atoms. The molecule has 1 N–H and O–H groups in total. The zero-order chi connectivity index (χ0) is 31.3. The molecule has 11 nitrogen and oxygen atoms in total. The van der Waals surface area contributed by atoms with Crippen molar-refractivity contribution in [3.05, 3.63) is 67.0 Å². The maximum atomic E-state index is 13.1. The van der Waals surface area contributed by atoms with E-state index in [1.54, 1.807) is 13.1 Å². The third-order valence-corrected chi connectivity index (χ3v) is 8.60. The van der Waals surface area contributed by atoms with Crippen LogP contribution in [-0.4, -0.2) is 72.9 Å². The average molecular weight is 620 g/mol. The van der Waals surface area contributed by atoms with Crippen LogP contribution >= 0.6 is 0 Å². The SMILES string of the molecule is CN1CCN(c2ccc(Oc3cc(-c4cccc(OCCCC(C)(C)C)c4)nc(NS(=O)(=O)c4cnn(C)c4)n3)cc2)CC1. The first-order valence-electron chi connectivity index (χ1n) is 14.8. The normalized spacial score (nSPS) is 14.4. The molecule has 0 bridgehead atoms. The Morgan fingerprint density at radius 1 is 0.932 bits per heavy atom. The number of aromatic nitrogens is 4. The van der Waals surface area contributed by atoms with Crippen molar-refractivity contribution in [1.29, 1.82) is 0 Å². The van der Waals surface area contributed by atoms with E-state index in [0.29, 0.717) is 23.8 Å². The molecule has 44 heavy (non-hydrogen) atoms. The van der Waals surface area contributed by atoms with Gasteiger partial charge >= 0.3 is 0 Å². The zero-order valence-electron chi connectivity index (χ0n) is 26.0. The van der Waals surface area contributed by atoms with E-state index in [1.165, 1.54) is 17.1 Å². The minimum atomic E-state index is -3.99.